The molecule has 2 aromatic heterocycles. The summed E-state index contributed by atoms with van der Waals surface area (Å²) >= 11 is 3.17. The molecule has 0 saturated carbocycles. The van der Waals surface area contributed by atoms with Crippen molar-refractivity contribution in [3.63, 3.8) is 0 Å². The van der Waals surface area contributed by atoms with E-state index in [4.69, 9.17) is 0 Å². The second kappa shape index (κ2) is 10.0. The van der Waals surface area contributed by atoms with Crippen LogP contribution >= 0.6 is 22.7 Å². The van der Waals surface area contributed by atoms with E-state index in [2.05, 4.69) is 33.0 Å². The molecule has 0 radical (unpaired) electrons. The van der Waals surface area contributed by atoms with Gasteiger partial charge >= 0.3 is 0 Å². The fraction of sp³-hybridized carbons (Fsp3) is 0.304. The number of hydrogen-bond acceptors (Lipinski definition) is 5. The van der Waals surface area contributed by atoms with Gasteiger partial charge in [0.1, 0.15) is 0 Å². The molecule has 1 atom stereocenters. The predicted molar refractivity (Wildman–Crippen MR) is 123 cm³/mol. The van der Waals surface area contributed by atoms with Crippen molar-refractivity contribution in [2.75, 3.05) is 25.0 Å². The fourth-order valence-corrected chi connectivity index (χ4v) is 5.16. The van der Waals surface area contributed by atoms with Crippen LogP contribution in [-0.4, -0.2) is 36.3 Å². The van der Waals surface area contributed by atoms with Crippen molar-refractivity contribution >= 4 is 40.2 Å². The molecule has 3 aromatic rings. The number of nitrogens with one attached hydrogen (secondary N) is 2. The molecule has 1 aliphatic heterocycles. The highest BCUT2D eigenvalue weighted by molar-refractivity contribution is 7.12. The molecule has 1 unspecified atom stereocenters. The van der Waals surface area contributed by atoms with E-state index >= 15 is 0 Å². The van der Waals surface area contributed by atoms with Crippen molar-refractivity contribution in [2.24, 2.45) is 5.92 Å². The Morgan fingerprint density at radius 1 is 1.00 bits per heavy atom. The van der Waals surface area contributed by atoms with Gasteiger partial charge in [0.25, 0.3) is 11.8 Å². The number of nitrogens with zero attached hydrogens (tertiary/aromatic N) is 1. The Bertz CT molecular complexity index is 970. The second-order valence-corrected chi connectivity index (χ2v) is 9.49. The molecule has 4 rings (SSSR count). The van der Waals surface area contributed by atoms with Crippen LogP contribution in [0.2, 0.25) is 0 Å². The summed E-state index contributed by atoms with van der Waals surface area (Å²) in [5.41, 5.74) is 1.03. The number of amides is 2. The maximum absolute atomic E-state index is 12.8. The monoisotopic (exact) mass is 439 g/mol. The van der Waals surface area contributed by atoms with Crippen LogP contribution in [0.4, 0.5) is 5.69 Å². The third-order valence-electron chi connectivity index (χ3n) is 5.28. The average Bonchev–Trinajstić information content (AvgIpc) is 3.47. The Kier molecular flexibility index (Phi) is 6.94. The van der Waals surface area contributed by atoms with Gasteiger partial charge in [0, 0.05) is 24.5 Å². The molecular formula is C23H25N3O2S2. The molecule has 156 valence electrons. The minimum absolute atomic E-state index is 0.146. The number of carbonyl (C=O) groups is 2. The number of para-hydroxylation sites is 1. The van der Waals surface area contributed by atoms with Gasteiger partial charge in [-0.3, -0.25) is 14.5 Å². The first-order valence-electron chi connectivity index (χ1n) is 10.2. The Labute approximate surface area is 184 Å². The molecule has 1 aromatic carbocycles. The highest BCUT2D eigenvalue weighted by Crippen LogP contribution is 2.21. The van der Waals surface area contributed by atoms with Crippen LogP contribution in [-0.2, 0) is 6.54 Å². The highest BCUT2D eigenvalue weighted by atomic mass is 32.1. The summed E-state index contributed by atoms with van der Waals surface area (Å²) in [4.78, 5) is 29.7. The van der Waals surface area contributed by atoms with Crippen LogP contribution in [0.1, 0.15) is 37.7 Å². The van der Waals surface area contributed by atoms with Crippen molar-refractivity contribution in [3.05, 3.63) is 74.6 Å². The molecular weight excluding hydrogens is 414 g/mol. The van der Waals surface area contributed by atoms with Crippen molar-refractivity contribution in [1.82, 2.24) is 10.2 Å². The summed E-state index contributed by atoms with van der Waals surface area (Å²) in [5.74, 6) is 0.102. The Morgan fingerprint density at radius 2 is 1.83 bits per heavy atom. The Morgan fingerprint density at radius 3 is 2.63 bits per heavy atom. The van der Waals surface area contributed by atoms with Gasteiger partial charge in [-0.05, 0) is 60.3 Å². The third kappa shape index (κ3) is 5.36. The van der Waals surface area contributed by atoms with Gasteiger partial charge in [-0.25, -0.2) is 0 Å². The van der Waals surface area contributed by atoms with Gasteiger partial charge in [0.05, 0.1) is 16.1 Å². The Balaban J connectivity index is 1.33. The van der Waals surface area contributed by atoms with Gasteiger partial charge in [-0.1, -0.05) is 24.3 Å². The van der Waals surface area contributed by atoms with Crippen LogP contribution < -0.4 is 10.6 Å². The predicted octanol–water partition coefficient (Wildman–Crippen LogP) is 4.70. The number of rotatable bonds is 7. The lowest BCUT2D eigenvalue weighted by molar-refractivity contribution is 0.0931. The summed E-state index contributed by atoms with van der Waals surface area (Å²) < 4.78 is 0. The smallest absolute Gasteiger partial charge is 0.265 e. The van der Waals surface area contributed by atoms with Crippen molar-refractivity contribution in [2.45, 2.75) is 19.4 Å². The number of hydrogen-bond donors (Lipinski definition) is 2. The summed E-state index contributed by atoms with van der Waals surface area (Å²) in [5, 5.41) is 9.93. The van der Waals surface area contributed by atoms with E-state index in [-0.39, 0.29) is 11.8 Å². The van der Waals surface area contributed by atoms with E-state index in [9.17, 15) is 9.59 Å². The zero-order valence-electron chi connectivity index (χ0n) is 16.7. The van der Waals surface area contributed by atoms with Crippen molar-refractivity contribution in [3.8, 4) is 0 Å². The van der Waals surface area contributed by atoms with Crippen LogP contribution in [0.15, 0.2) is 59.3 Å². The molecule has 2 amide bonds. The van der Waals surface area contributed by atoms with E-state index in [1.807, 2.05) is 23.6 Å². The summed E-state index contributed by atoms with van der Waals surface area (Å²) in [7, 11) is 0. The normalized spacial score (nSPS) is 16.9. The molecule has 1 fully saturated rings. The van der Waals surface area contributed by atoms with Crippen LogP contribution in [0.5, 0.6) is 0 Å². The van der Waals surface area contributed by atoms with Gasteiger partial charge in [-0.15, -0.1) is 22.7 Å². The van der Waals surface area contributed by atoms with Crippen LogP contribution in [0.25, 0.3) is 0 Å². The number of carbonyl (C=O) groups excluding carboxylic acids is 2. The van der Waals surface area contributed by atoms with Crippen LogP contribution in [0.3, 0.4) is 0 Å². The van der Waals surface area contributed by atoms with E-state index in [0.717, 1.165) is 32.5 Å². The van der Waals surface area contributed by atoms with E-state index in [1.54, 1.807) is 29.5 Å². The minimum Gasteiger partial charge on any atom is -0.352 e. The molecule has 30 heavy (non-hydrogen) atoms. The minimum atomic E-state index is -0.193. The average molecular weight is 440 g/mol. The fourth-order valence-electron chi connectivity index (χ4n) is 3.80. The lowest BCUT2D eigenvalue weighted by Gasteiger charge is -2.32. The quantitative estimate of drug-likeness (QED) is 0.561. The summed E-state index contributed by atoms with van der Waals surface area (Å²) in [6.07, 6.45) is 2.28. The molecule has 0 aliphatic carbocycles. The molecule has 0 bridgehead atoms. The lowest BCUT2D eigenvalue weighted by atomic mass is 9.97. The molecule has 5 nitrogen and oxygen atoms in total. The number of likely N-dealkylation sites (tertiary alicyclic amines) is 1. The van der Waals surface area contributed by atoms with E-state index in [0.29, 0.717) is 28.6 Å². The number of piperidine rings is 1. The molecule has 1 saturated heterocycles. The van der Waals surface area contributed by atoms with Crippen molar-refractivity contribution < 1.29 is 9.59 Å². The van der Waals surface area contributed by atoms with E-state index in [1.165, 1.54) is 16.2 Å². The number of thiophene rings is 2. The first-order valence-corrected chi connectivity index (χ1v) is 11.9. The van der Waals surface area contributed by atoms with Crippen molar-refractivity contribution in [1.29, 1.82) is 0 Å². The number of anilines is 1. The zero-order valence-corrected chi connectivity index (χ0v) is 18.3. The first kappa shape index (κ1) is 20.8. The van der Waals surface area contributed by atoms with Gasteiger partial charge in [0.15, 0.2) is 0 Å². The lowest BCUT2D eigenvalue weighted by Crippen LogP contribution is -2.40. The SMILES string of the molecule is O=C(Nc1ccccc1C(=O)NCC1CCCN(Cc2cccs2)C1)c1cccs1. The molecule has 3 heterocycles. The second-order valence-electron chi connectivity index (χ2n) is 7.51. The first-order chi connectivity index (χ1) is 14.7. The highest BCUT2D eigenvalue weighted by Gasteiger charge is 2.22. The molecule has 2 N–H and O–H groups in total. The number of benzene rings is 1. The zero-order chi connectivity index (χ0) is 20.8. The molecule has 1 aliphatic rings. The topological polar surface area (TPSA) is 61.4 Å². The third-order valence-corrected chi connectivity index (χ3v) is 7.01. The van der Waals surface area contributed by atoms with E-state index < -0.39 is 0 Å². The summed E-state index contributed by atoms with van der Waals surface area (Å²) in [6, 6.07) is 15.0. The Hall–Kier alpha value is -2.48. The largest absolute Gasteiger partial charge is 0.352 e. The van der Waals surface area contributed by atoms with Gasteiger partial charge < -0.3 is 10.6 Å². The standard InChI is InChI=1S/C23H25N3O2S2/c27-22(19-8-1-2-9-20(19)25-23(28)21-10-5-13-30-21)24-14-17-6-3-11-26(15-17)16-18-7-4-12-29-18/h1-2,4-5,7-10,12-13,17H,3,6,11,14-16H2,(H,24,27)(H,25,28). The van der Waals surface area contributed by atoms with Gasteiger partial charge in [-0.2, -0.15) is 0 Å². The van der Waals surface area contributed by atoms with Gasteiger partial charge in [0.2, 0.25) is 0 Å². The maximum Gasteiger partial charge on any atom is 0.265 e. The molecule has 0 spiro atoms. The van der Waals surface area contributed by atoms with Crippen LogP contribution in [0, 0.1) is 5.92 Å². The maximum atomic E-state index is 12.8. The summed E-state index contributed by atoms with van der Waals surface area (Å²) in [6.45, 7) is 3.74. The molecule has 7 heteroatoms.